The number of amides is 1. The van der Waals surface area contributed by atoms with Crippen LogP contribution in [0.3, 0.4) is 0 Å². The van der Waals surface area contributed by atoms with Crippen molar-refractivity contribution in [3.8, 4) is 0 Å². The van der Waals surface area contributed by atoms with Crippen molar-refractivity contribution in [2.24, 2.45) is 0 Å². The number of rotatable bonds is 1. The summed E-state index contributed by atoms with van der Waals surface area (Å²) in [5.74, 6) is 0. The van der Waals surface area contributed by atoms with Gasteiger partial charge in [-0.15, -0.1) is 0 Å². The maximum atomic E-state index is 11.1. The molecule has 1 rings (SSSR count). The van der Waals surface area contributed by atoms with Crippen LogP contribution in [0.25, 0.3) is 0 Å². The average molecular weight is 157 g/mol. The predicted octanol–water partition coefficient (Wildman–Crippen LogP) is 1.63. The van der Waals surface area contributed by atoms with Crippen LogP contribution in [-0.2, 0) is 4.74 Å². The first-order valence-electron chi connectivity index (χ1n) is 3.91. The number of hydrogen-bond acceptors (Lipinski definition) is 2. The van der Waals surface area contributed by atoms with Crippen LogP contribution in [0.5, 0.6) is 0 Å². The molecule has 0 atom stereocenters. The van der Waals surface area contributed by atoms with Crippen molar-refractivity contribution in [3.05, 3.63) is 0 Å². The molecule has 3 nitrogen and oxygen atoms in total. The summed E-state index contributed by atoms with van der Waals surface area (Å²) in [4.78, 5) is 12.9. The van der Waals surface area contributed by atoms with Crippen LogP contribution in [0.1, 0.15) is 27.7 Å². The number of nitrogens with zero attached hydrogens (tertiary/aromatic N) is 1. The van der Waals surface area contributed by atoms with E-state index in [0.29, 0.717) is 6.61 Å². The van der Waals surface area contributed by atoms with Gasteiger partial charge in [0.25, 0.3) is 0 Å². The van der Waals surface area contributed by atoms with Gasteiger partial charge < -0.3 is 4.74 Å². The molecule has 1 heterocycles. The van der Waals surface area contributed by atoms with E-state index in [2.05, 4.69) is 0 Å². The van der Waals surface area contributed by atoms with Crippen molar-refractivity contribution in [3.63, 3.8) is 0 Å². The van der Waals surface area contributed by atoms with Gasteiger partial charge >= 0.3 is 6.09 Å². The molecule has 0 bridgehead atoms. The van der Waals surface area contributed by atoms with Crippen LogP contribution in [-0.4, -0.2) is 29.2 Å². The Balaban J connectivity index is 2.80. The highest BCUT2D eigenvalue weighted by molar-refractivity contribution is 5.71. The highest BCUT2D eigenvalue weighted by Gasteiger charge is 2.41. The summed E-state index contributed by atoms with van der Waals surface area (Å²) in [6.07, 6.45) is -0.190. The van der Waals surface area contributed by atoms with Crippen LogP contribution in [0, 0.1) is 0 Å². The van der Waals surface area contributed by atoms with Crippen molar-refractivity contribution in [1.82, 2.24) is 4.90 Å². The maximum absolute atomic E-state index is 11.1. The van der Waals surface area contributed by atoms with Crippen molar-refractivity contribution in [2.45, 2.75) is 39.3 Å². The normalized spacial score (nSPS) is 22.6. The van der Waals surface area contributed by atoms with Crippen molar-refractivity contribution >= 4 is 6.09 Å². The average Bonchev–Trinajstić information content (AvgIpc) is 2.06. The molecule has 11 heavy (non-hydrogen) atoms. The largest absolute Gasteiger partial charge is 0.447 e. The SMILES string of the molecule is CC(C)N1C(=O)OCC1(C)C. The van der Waals surface area contributed by atoms with E-state index in [4.69, 9.17) is 4.74 Å². The highest BCUT2D eigenvalue weighted by atomic mass is 16.6. The van der Waals surface area contributed by atoms with Crippen molar-refractivity contribution in [2.75, 3.05) is 6.61 Å². The van der Waals surface area contributed by atoms with E-state index in [1.54, 1.807) is 4.90 Å². The van der Waals surface area contributed by atoms with E-state index in [9.17, 15) is 4.79 Å². The number of cyclic esters (lactones) is 1. The van der Waals surface area contributed by atoms with Gasteiger partial charge in [-0.25, -0.2) is 4.79 Å². The van der Waals surface area contributed by atoms with Gasteiger partial charge in [0.15, 0.2) is 0 Å². The van der Waals surface area contributed by atoms with Gasteiger partial charge in [0.2, 0.25) is 0 Å². The zero-order chi connectivity index (χ0) is 8.65. The molecule has 1 aliphatic heterocycles. The zero-order valence-electron chi connectivity index (χ0n) is 7.55. The number of carbonyl (C=O) groups excluding carboxylic acids is 1. The molecule has 0 N–H and O–H groups in total. The lowest BCUT2D eigenvalue weighted by Gasteiger charge is -2.31. The van der Waals surface area contributed by atoms with E-state index in [1.807, 2.05) is 27.7 Å². The van der Waals surface area contributed by atoms with E-state index in [-0.39, 0.29) is 17.7 Å². The molecule has 1 saturated heterocycles. The zero-order valence-corrected chi connectivity index (χ0v) is 7.55. The summed E-state index contributed by atoms with van der Waals surface area (Å²) >= 11 is 0. The van der Waals surface area contributed by atoms with Gasteiger partial charge in [-0.1, -0.05) is 0 Å². The van der Waals surface area contributed by atoms with Gasteiger partial charge in [0.1, 0.15) is 6.61 Å². The Hall–Kier alpha value is -0.730. The first-order valence-corrected chi connectivity index (χ1v) is 3.91. The Morgan fingerprint density at radius 2 is 2.09 bits per heavy atom. The molecule has 0 radical (unpaired) electrons. The van der Waals surface area contributed by atoms with E-state index >= 15 is 0 Å². The molecule has 1 aliphatic rings. The lowest BCUT2D eigenvalue weighted by molar-refractivity contribution is 0.141. The second kappa shape index (κ2) is 2.40. The minimum Gasteiger partial charge on any atom is -0.447 e. The fourth-order valence-electron chi connectivity index (χ4n) is 1.53. The lowest BCUT2D eigenvalue weighted by Crippen LogP contribution is -2.46. The molecule has 0 unspecified atom stereocenters. The maximum Gasteiger partial charge on any atom is 0.410 e. The van der Waals surface area contributed by atoms with E-state index < -0.39 is 0 Å². The molecule has 0 spiro atoms. The third kappa shape index (κ3) is 1.32. The quantitative estimate of drug-likeness (QED) is 0.579. The van der Waals surface area contributed by atoms with Gasteiger partial charge in [-0.2, -0.15) is 0 Å². The van der Waals surface area contributed by atoms with Crippen LogP contribution >= 0.6 is 0 Å². The topological polar surface area (TPSA) is 29.5 Å². The molecule has 64 valence electrons. The summed E-state index contributed by atoms with van der Waals surface area (Å²) in [5.41, 5.74) is -0.134. The van der Waals surface area contributed by atoms with Crippen LogP contribution in [0.2, 0.25) is 0 Å². The summed E-state index contributed by atoms with van der Waals surface area (Å²) in [7, 11) is 0. The summed E-state index contributed by atoms with van der Waals surface area (Å²) < 4.78 is 4.93. The fraction of sp³-hybridized carbons (Fsp3) is 0.875. The molecule has 0 aliphatic carbocycles. The monoisotopic (exact) mass is 157 g/mol. The minimum atomic E-state index is -0.190. The second-order valence-corrected chi connectivity index (χ2v) is 3.83. The van der Waals surface area contributed by atoms with Gasteiger partial charge in [0, 0.05) is 6.04 Å². The molecular weight excluding hydrogens is 142 g/mol. The first kappa shape index (κ1) is 8.37. The smallest absolute Gasteiger partial charge is 0.410 e. The molecule has 0 aromatic carbocycles. The molecular formula is C8H15NO2. The van der Waals surface area contributed by atoms with Crippen molar-refractivity contribution in [1.29, 1.82) is 0 Å². The second-order valence-electron chi connectivity index (χ2n) is 3.83. The fourth-order valence-corrected chi connectivity index (χ4v) is 1.53. The highest BCUT2D eigenvalue weighted by Crippen LogP contribution is 2.25. The summed E-state index contributed by atoms with van der Waals surface area (Å²) in [5, 5.41) is 0. The van der Waals surface area contributed by atoms with E-state index in [1.165, 1.54) is 0 Å². The summed E-state index contributed by atoms with van der Waals surface area (Å²) in [6, 6.07) is 0.222. The molecule has 1 fully saturated rings. The predicted molar refractivity (Wildman–Crippen MR) is 42.4 cm³/mol. The molecule has 1 amide bonds. The third-order valence-electron chi connectivity index (χ3n) is 1.91. The number of carbonyl (C=O) groups is 1. The van der Waals surface area contributed by atoms with Gasteiger partial charge in [-0.3, -0.25) is 4.90 Å². The third-order valence-corrected chi connectivity index (χ3v) is 1.91. The Bertz CT molecular complexity index is 175. The molecule has 3 heteroatoms. The minimum absolute atomic E-state index is 0.134. The Morgan fingerprint density at radius 1 is 1.55 bits per heavy atom. The molecule has 0 aromatic rings. The first-order chi connectivity index (χ1) is 4.95. The van der Waals surface area contributed by atoms with Crippen LogP contribution in [0.4, 0.5) is 4.79 Å². The standard InChI is InChI=1S/C8H15NO2/c1-6(2)9-7(10)11-5-8(9,3)4/h6H,5H2,1-4H3. The Morgan fingerprint density at radius 3 is 2.27 bits per heavy atom. The van der Waals surface area contributed by atoms with E-state index in [0.717, 1.165) is 0 Å². The summed E-state index contributed by atoms with van der Waals surface area (Å²) in [6.45, 7) is 8.52. The van der Waals surface area contributed by atoms with Crippen LogP contribution in [0.15, 0.2) is 0 Å². The lowest BCUT2D eigenvalue weighted by atomic mass is 10.0. The van der Waals surface area contributed by atoms with Crippen LogP contribution < -0.4 is 0 Å². The van der Waals surface area contributed by atoms with Crippen molar-refractivity contribution < 1.29 is 9.53 Å². The molecule has 0 aromatic heterocycles. The molecule has 0 saturated carbocycles. The number of ether oxygens (including phenoxy) is 1. The number of hydrogen-bond donors (Lipinski definition) is 0. The Labute approximate surface area is 67.3 Å². The Kier molecular flexibility index (Phi) is 1.82. The van der Waals surface area contributed by atoms with Gasteiger partial charge in [0.05, 0.1) is 5.54 Å². The van der Waals surface area contributed by atoms with Gasteiger partial charge in [-0.05, 0) is 27.7 Å².